The van der Waals surface area contributed by atoms with Crippen LogP contribution in [0.1, 0.15) is 19.8 Å². The van der Waals surface area contributed by atoms with Gasteiger partial charge in [0.2, 0.25) is 29.5 Å². The smallest absolute Gasteiger partial charge is 0.320 e. The van der Waals surface area contributed by atoms with Gasteiger partial charge in [0.1, 0.15) is 12.1 Å². The average Bonchev–Trinajstić information content (AvgIpc) is 3.08. The lowest BCUT2D eigenvalue weighted by molar-refractivity contribution is -0.146. The fraction of sp³-hybridized carbons (Fsp3) is 0.655. The third kappa shape index (κ3) is 21.7. The normalized spacial score (nSPS) is 17.0. The van der Waals surface area contributed by atoms with Crippen LogP contribution in [0.25, 0.3) is 0 Å². The Labute approximate surface area is 316 Å². The van der Waals surface area contributed by atoms with E-state index in [2.05, 4.69) is 26.6 Å². The predicted molar refractivity (Wildman–Crippen MR) is 189 cm³/mol. The van der Waals surface area contributed by atoms with Crippen LogP contribution in [-0.4, -0.2) is 201 Å². The van der Waals surface area contributed by atoms with Crippen molar-refractivity contribution < 1.29 is 73.5 Å². The first-order valence-electron chi connectivity index (χ1n) is 16.3. The summed E-state index contributed by atoms with van der Waals surface area (Å²) in [4.78, 5) is 122. The maximum atomic E-state index is 12.6. The van der Waals surface area contributed by atoms with E-state index in [1.807, 2.05) is 0 Å². The molecule has 1 fully saturated rings. The molecule has 3 atom stereocenters. The lowest BCUT2D eigenvalue weighted by Gasteiger charge is -2.32. The molecule has 0 bridgehead atoms. The highest BCUT2D eigenvalue weighted by Crippen LogP contribution is 2.23. The maximum absolute atomic E-state index is 12.6. The summed E-state index contributed by atoms with van der Waals surface area (Å²) < 4.78 is 0. The number of hydrogen-bond donors (Lipinski definition) is 10. The maximum Gasteiger partial charge on any atom is 0.320 e. The zero-order chi connectivity index (χ0) is 40.8. The Morgan fingerprint density at radius 1 is 0.722 bits per heavy atom. The second kappa shape index (κ2) is 25.3. The molecule has 23 nitrogen and oxygen atoms in total. The highest BCUT2D eigenvalue weighted by Gasteiger charge is 2.29. The third-order valence-electron chi connectivity index (χ3n) is 7.22. The van der Waals surface area contributed by atoms with E-state index in [1.54, 1.807) is 6.92 Å². The van der Waals surface area contributed by atoms with Gasteiger partial charge >= 0.3 is 29.8 Å². The summed E-state index contributed by atoms with van der Waals surface area (Å²) >= 11 is 0. The summed E-state index contributed by atoms with van der Waals surface area (Å²) in [6, 6.07) is -2.62. The molecular weight excluding hydrogens is 764 g/mol. The number of nitrogens with zero attached hydrogens (tertiary/aromatic N) is 3. The van der Waals surface area contributed by atoms with Crippen molar-refractivity contribution in [3.63, 3.8) is 0 Å². The van der Waals surface area contributed by atoms with Crippen LogP contribution in [0.5, 0.6) is 0 Å². The predicted octanol–water partition coefficient (Wildman–Crippen LogP) is -4.80. The molecule has 0 aromatic carbocycles. The summed E-state index contributed by atoms with van der Waals surface area (Å²) in [7, 11) is 2.70. The van der Waals surface area contributed by atoms with E-state index in [9.17, 15) is 53.1 Å². The van der Waals surface area contributed by atoms with Crippen LogP contribution in [0.4, 0.5) is 0 Å². The van der Waals surface area contributed by atoms with Crippen LogP contribution in [-0.2, 0) is 47.9 Å². The number of hydrogen-bond acceptors (Lipinski definition) is 15. The first-order chi connectivity index (χ1) is 25.4. The minimum atomic E-state index is -1.47. The zero-order valence-corrected chi connectivity index (χ0v) is 30.9. The molecule has 0 spiro atoms. The van der Waals surface area contributed by atoms with Gasteiger partial charge in [-0.3, -0.25) is 62.6 Å². The molecule has 54 heavy (non-hydrogen) atoms. The summed E-state index contributed by atoms with van der Waals surface area (Å²) in [5.74, 6) is -9.46. The number of carbonyl (C=O) groups excluding carboxylic acids is 5. The number of aliphatic carboxylic acids is 5. The number of carboxylic acid groups (broad SMARTS) is 5. The lowest BCUT2D eigenvalue weighted by atomic mass is 10.1. The molecule has 0 aromatic heterocycles. The largest absolute Gasteiger partial charge is 0.480 e. The average molecular weight is 811 g/mol. The highest BCUT2D eigenvalue weighted by molar-refractivity contribution is 8.76. The van der Waals surface area contributed by atoms with E-state index in [-0.39, 0.29) is 50.9 Å². The van der Waals surface area contributed by atoms with Gasteiger partial charge in [0.05, 0.1) is 45.8 Å². The van der Waals surface area contributed by atoms with Gasteiger partial charge in [-0.2, -0.15) is 0 Å². The third-order valence-corrected chi connectivity index (χ3v) is 9.81. The van der Waals surface area contributed by atoms with Crippen molar-refractivity contribution >= 4 is 81.0 Å². The second-order valence-corrected chi connectivity index (χ2v) is 14.4. The Morgan fingerprint density at radius 2 is 1.20 bits per heavy atom. The fourth-order valence-electron chi connectivity index (χ4n) is 4.75. The second-order valence-electron chi connectivity index (χ2n) is 11.9. The molecule has 0 saturated carbocycles. The van der Waals surface area contributed by atoms with E-state index >= 15 is 0 Å². The SMILES string of the molecule is C[C@@H]1CSSCC(NC(=O)CNC(=O)CNC(=O)CC[C@@H](C(=O)O)N(CCN(CC(=O)O)CC(=O)O)CCN(CC(=O)O)CC(=O)O)C(=O)NCC(=O)N1. The molecule has 1 aliphatic rings. The van der Waals surface area contributed by atoms with E-state index < -0.39 is 117 Å². The number of carboxylic acids is 5. The van der Waals surface area contributed by atoms with Gasteiger partial charge < -0.3 is 52.1 Å². The van der Waals surface area contributed by atoms with Crippen molar-refractivity contribution in [3.05, 3.63) is 0 Å². The Morgan fingerprint density at radius 3 is 1.70 bits per heavy atom. The van der Waals surface area contributed by atoms with Gasteiger partial charge in [-0.1, -0.05) is 21.6 Å². The van der Waals surface area contributed by atoms with Crippen molar-refractivity contribution in [2.24, 2.45) is 0 Å². The number of nitrogens with one attached hydrogen (secondary N) is 5. The molecule has 25 heteroatoms. The van der Waals surface area contributed by atoms with E-state index in [1.165, 1.54) is 26.5 Å². The van der Waals surface area contributed by atoms with Gasteiger partial charge in [-0.05, 0) is 13.3 Å². The molecule has 0 aliphatic carbocycles. The lowest BCUT2D eigenvalue weighted by Crippen LogP contribution is -2.52. The summed E-state index contributed by atoms with van der Waals surface area (Å²) in [6.07, 6.45) is -0.854. The molecule has 1 heterocycles. The van der Waals surface area contributed by atoms with Crippen LogP contribution in [0.2, 0.25) is 0 Å². The van der Waals surface area contributed by atoms with Gasteiger partial charge in [-0.15, -0.1) is 0 Å². The van der Waals surface area contributed by atoms with Crippen LogP contribution in [0, 0.1) is 0 Å². The quantitative estimate of drug-likeness (QED) is 0.0409. The summed E-state index contributed by atoms with van der Waals surface area (Å²) in [5, 5.41) is 58.8. The van der Waals surface area contributed by atoms with Crippen LogP contribution in [0.15, 0.2) is 0 Å². The molecule has 5 amide bonds. The molecule has 1 rings (SSSR count). The number of amides is 5. The minimum absolute atomic E-state index is 0.137. The summed E-state index contributed by atoms with van der Waals surface area (Å²) in [5.41, 5.74) is 0. The molecular formula is C29H46N8O15S2. The van der Waals surface area contributed by atoms with Gasteiger partial charge in [0.25, 0.3) is 0 Å². The van der Waals surface area contributed by atoms with Crippen LogP contribution < -0.4 is 26.6 Å². The minimum Gasteiger partial charge on any atom is -0.480 e. The Balaban J connectivity index is 2.82. The Kier molecular flexibility index (Phi) is 22.2. The van der Waals surface area contributed by atoms with E-state index in [0.717, 1.165) is 9.80 Å². The van der Waals surface area contributed by atoms with Crippen molar-refractivity contribution in [2.75, 3.05) is 83.5 Å². The Hall–Kier alpha value is -4.72. The van der Waals surface area contributed by atoms with Crippen molar-refractivity contribution in [3.8, 4) is 0 Å². The number of rotatable bonds is 24. The van der Waals surface area contributed by atoms with Crippen molar-refractivity contribution in [2.45, 2.75) is 37.9 Å². The standard InChI is InChI=1S/C29H46N8O15S2/c1-17-15-53-54-16-18(28(50)32-10-22(40)33-17)34-23(41)9-31-21(39)8-30-20(38)3-2-19(29(51)52)37(6-4-35(11-24(42)43)12-25(44)45)7-5-36(13-26(46)47)14-27(48)49/h17-19H,2-16H2,1H3,(H,30,38)(H,31,39)(H,32,50)(H,33,40)(H,34,41)(H,42,43)(H,44,45)(H,46,47)(H,48,49)(H,51,52)/t17-,18?,19+/m1/s1. The molecule has 0 aromatic rings. The van der Waals surface area contributed by atoms with Crippen LogP contribution >= 0.6 is 21.6 Å². The van der Waals surface area contributed by atoms with E-state index in [4.69, 9.17) is 20.4 Å². The fourth-order valence-corrected chi connectivity index (χ4v) is 7.20. The van der Waals surface area contributed by atoms with E-state index in [0.29, 0.717) is 5.75 Å². The zero-order valence-electron chi connectivity index (χ0n) is 29.3. The van der Waals surface area contributed by atoms with Crippen LogP contribution in [0.3, 0.4) is 0 Å². The first kappa shape index (κ1) is 47.3. The Bertz CT molecular complexity index is 1300. The topological polar surface area (TPSA) is 342 Å². The monoisotopic (exact) mass is 810 g/mol. The molecule has 0 radical (unpaired) electrons. The summed E-state index contributed by atoms with van der Waals surface area (Å²) in [6.45, 7) is -3.59. The van der Waals surface area contributed by atoms with Crippen molar-refractivity contribution in [1.82, 2.24) is 41.3 Å². The number of carbonyl (C=O) groups is 10. The van der Waals surface area contributed by atoms with Gasteiger partial charge in [0, 0.05) is 50.1 Å². The molecule has 1 saturated heterocycles. The highest BCUT2D eigenvalue weighted by atomic mass is 33.1. The molecule has 1 aliphatic heterocycles. The van der Waals surface area contributed by atoms with Gasteiger partial charge in [-0.25, -0.2) is 0 Å². The van der Waals surface area contributed by atoms with Gasteiger partial charge in [0.15, 0.2) is 0 Å². The van der Waals surface area contributed by atoms with Crippen molar-refractivity contribution in [1.29, 1.82) is 0 Å². The molecule has 304 valence electrons. The molecule has 1 unspecified atom stereocenters. The molecule has 10 N–H and O–H groups in total. The first-order valence-corrected chi connectivity index (χ1v) is 18.8.